The molecule has 2 N–H and O–H groups in total. The molecule has 9 heteroatoms. The number of aromatic hydroxyl groups is 1. The molecule has 0 aliphatic carbocycles. The maximum Gasteiger partial charge on any atom is 0.337 e. The van der Waals surface area contributed by atoms with Crippen molar-refractivity contribution >= 4 is 34.2 Å². The van der Waals surface area contributed by atoms with Crippen LogP contribution in [-0.2, 0) is 9.57 Å². The lowest BCUT2D eigenvalue weighted by molar-refractivity contribution is -0.132. The molecule has 1 aliphatic heterocycles. The molecule has 9 nitrogen and oxygen atoms in total. The lowest BCUT2D eigenvalue weighted by Gasteiger charge is -2.35. The van der Waals surface area contributed by atoms with Crippen LogP contribution in [0, 0.1) is 0 Å². The first-order chi connectivity index (χ1) is 19.4. The Hall–Kier alpha value is -4.47. The Kier molecular flexibility index (Phi) is 7.95. The average molecular weight is 541 g/mol. The van der Waals surface area contributed by atoms with Crippen LogP contribution in [0.25, 0.3) is 10.9 Å². The van der Waals surface area contributed by atoms with Crippen molar-refractivity contribution in [3.05, 3.63) is 95.1 Å². The summed E-state index contributed by atoms with van der Waals surface area (Å²) in [6, 6.07) is 21.6. The molecule has 0 radical (unpaired) electrons. The zero-order chi connectivity index (χ0) is 28.2. The second-order valence-electron chi connectivity index (χ2n) is 9.82. The smallest absolute Gasteiger partial charge is 0.337 e. The number of likely N-dealkylation sites (tertiary alicyclic amines) is 1. The van der Waals surface area contributed by atoms with Gasteiger partial charge in [-0.15, -0.1) is 0 Å². The summed E-state index contributed by atoms with van der Waals surface area (Å²) in [4.78, 5) is 40.9. The number of hydrogen-bond donors (Lipinski definition) is 2. The van der Waals surface area contributed by atoms with Crippen molar-refractivity contribution < 1.29 is 24.3 Å². The quantitative estimate of drug-likeness (QED) is 0.196. The molecule has 0 atom stereocenters. The Morgan fingerprint density at radius 2 is 1.62 bits per heavy atom. The maximum atomic E-state index is 13.3. The summed E-state index contributed by atoms with van der Waals surface area (Å²) in [6.45, 7) is 1.83. The van der Waals surface area contributed by atoms with Crippen LogP contribution in [0.1, 0.15) is 44.7 Å². The minimum Gasteiger partial charge on any atom is -0.494 e. The number of aliphatic imine (C=N–C) groups is 1. The van der Waals surface area contributed by atoms with Crippen LogP contribution < -0.4 is 0 Å². The number of nitrogens with one attached hydrogen (secondary N) is 1. The van der Waals surface area contributed by atoms with Crippen LogP contribution in [0.2, 0.25) is 0 Å². The van der Waals surface area contributed by atoms with E-state index in [-0.39, 0.29) is 17.8 Å². The van der Waals surface area contributed by atoms with Crippen molar-refractivity contribution in [1.82, 2.24) is 14.9 Å². The van der Waals surface area contributed by atoms with E-state index in [1.54, 1.807) is 42.5 Å². The van der Waals surface area contributed by atoms with Gasteiger partial charge in [0.15, 0.2) is 5.88 Å². The molecule has 0 bridgehead atoms. The van der Waals surface area contributed by atoms with Crippen LogP contribution >= 0.6 is 0 Å². The van der Waals surface area contributed by atoms with E-state index >= 15 is 0 Å². The number of esters is 1. The Morgan fingerprint density at radius 3 is 2.27 bits per heavy atom. The Bertz CT molecular complexity index is 1540. The van der Waals surface area contributed by atoms with E-state index in [2.05, 4.69) is 16.9 Å². The third-order valence-corrected chi connectivity index (χ3v) is 7.26. The number of benzene rings is 3. The van der Waals surface area contributed by atoms with Gasteiger partial charge in [-0.05, 0) is 69.4 Å². The van der Waals surface area contributed by atoms with Crippen molar-refractivity contribution in [2.24, 2.45) is 4.99 Å². The van der Waals surface area contributed by atoms with E-state index in [0.717, 1.165) is 31.5 Å². The lowest BCUT2D eigenvalue weighted by atomic mass is 10.00. The second kappa shape index (κ2) is 11.7. The number of ether oxygens (including phenoxy) is 1. The highest BCUT2D eigenvalue weighted by molar-refractivity contribution is 6.22. The first kappa shape index (κ1) is 27.1. The summed E-state index contributed by atoms with van der Waals surface area (Å²) in [6.07, 6.45) is 1.71. The van der Waals surface area contributed by atoms with Gasteiger partial charge in [-0.3, -0.25) is 9.63 Å². The van der Waals surface area contributed by atoms with Crippen molar-refractivity contribution in [3.8, 4) is 5.88 Å². The molecule has 2 heterocycles. The maximum absolute atomic E-state index is 13.3. The Labute approximate surface area is 232 Å². The van der Waals surface area contributed by atoms with E-state index in [4.69, 9.17) is 14.6 Å². The van der Waals surface area contributed by atoms with Gasteiger partial charge in [0.2, 0.25) is 0 Å². The number of aromatic amines is 1. The van der Waals surface area contributed by atoms with E-state index < -0.39 is 5.97 Å². The first-order valence-corrected chi connectivity index (χ1v) is 13.1. The van der Waals surface area contributed by atoms with Gasteiger partial charge in [0.05, 0.1) is 42.8 Å². The minimum absolute atomic E-state index is 0.0284. The molecule has 0 spiro atoms. The van der Waals surface area contributed by atoms with Crippen LogP contribution in [-0.4, -0.2) is 78.0 Å². The fourth-order valence-corrected chi connectivity index (χ4v) is 5.09. The molecule has 3 aromatic carbocycles. The van der Waals surface area contributed by atoms with Crippen molar-refractivity contribution in [1.29, 1.82) is 0 Å². The predicted molar refractivity (Wildman–Crippen MR) is 153 cm³/mol. The molecule has 0 saturated carbocycles. The van der Waals surface area contributed by atoms with Gasteiger partial charge >= 0.3 is 5.97 Å². The number of nitrogens with zero attached hydrogens (tertiary/aromatic N) is 3. The topological polar surface area (TPSA) is 107 Å². The Balaban J connectivity index is 1.50. The van der Waals surface area contributed by atoms with Gasteiger partial charge in [-0.25, -0.2) is 14.9 Å². The molecular formula is C31H32N4O5. The van der Waals surface area contributed by atoms with E-state index in [1.165, 1.54) is 19.3 Å². The normalized spacial score (nSPS) is 14.8. The Morgan fingerprint density at radius 1 is 0.950 bits per heavy atom. The highest BCUT2D eigenvalue weighted by Crippen LogP contribution is 2.32. The van der Waals surface area contributed by atoms with Crippen molar-refractivity contribution in [3.63, 3.8) is 0 Å². The summed E-state index contributed by atoms with van der Waals surface area (Å²) < 4.78 is 4.83. The van der Waals surface area contributed by atoms with Gasteiger partial charge in [-0.2, -0.15) is 0 Å². The van der Waals surface area contributed by atoms with E-state index in [9.17, 15) is 14.7 Å². The van der Waals surface area contributed by atoms with Gasteiger partial charge < -0.3 is 19.7 Å². The minimum atomic E-state index is -0.466. The molecule has 0 unspecified atom stereocenters. The third-order valence-electron chi connectivity index (χ3n) is 7.26. The first-order valence-electron chi connectivity index (χ1n) is 13.1. The van der Waals surface area contributed by atoms with E-state index in [1.807, 2.05) is 30.3 Å². The number of piperidine rings is 1. The fourth-order valence-electron chi connectivity index (χ4n) is 5.09. The van der Waals surface area contributed by atoms with Gasteiger partial charge in [0, 0.05) is 22.0 Å². The number of carbonyl (C=O) groups is 2. The number of H-pyrrole nitrogens is 1. The molecule has 1 aromatic heterocycles. The summed E-state index contributed by atoms with van der Waals surface area (Å²) in [5.41, 5.74) is 3.90. The molecule has 1 amide bonds. The monoisotopic (exact) mass is 540 g/mol. The van der Waals surface area contributed by atoms with Crippen LogP contribution in [0.5, 0.6) is 5.88 Å². The van der Waals surface area contributed by atoms with Crippen LogP contribution in [0.4, 0.5) is 5.69 Å². The van der Waals surface area contributed by atoms with Crippen LogP contribution in [0.3, 0.4) is 0 Å². The molecule has 1 aliphatic rings. The number of hydrogen-bond acceptors (Lipinski definition) is 7. The van der Waals surface area contributed by atoms with E-state index in [0.29, 0.717) is 39.0 Å². The number of hydroxylamine groups is 2. The molecule has 206 valence electrons. The SMILES string of the molecule is COC(=O)c1ccc2c(C(=Nc3ccc(C(=O)N(OC)C4CCN(C)CC4)cc3)c3ccccc3)c(O)[nH]c2c1. The van der Waals surface area contributed by atoms with Gasteiger partial charge in [-0.1, -0.05) is 36.4 Å². The number of amides is 1. The summed E-state index contributed by atoms with van der Waals surface area (Å²) in [7, 11) is 4.93. The van der Waals surface area contributed by atoms with Gasteiger partial charge in [0.25, 0.3) is 5.91 Å². The standard InChI is InChI=1S/C31H32N4O5/c1-34-17-15-24(16-18-34)35(40-3)30(37)21-9-12-23(13-10-21)32-28(20-7-5-4-6-8-20)27-25-14-11-22(31(38)39-2)19-26(25)33-29(27)36/h4-14,19,24,33,36H,15-18H2,1-3H3. The van der Waals surface area contributed by atoms with Crippen LogP contribution in [0.15, 0.2) is 77.8 Å². The predicted octanol–water partition coefficient (Wildman–Crippen LogP) is 4.93. The molecule has 1 saturated heterocycles. The number of carbonyl (C=O) groups excluding carboxylic acids is 2. The highest BCUT2D eigenvalue weighted by atomic mass is 16.7. The molecule has 40 heavy (non-hydrogen) atoms. The average Bonchev–Trinajstić information content (AvgIpc) is 3.32. The molecule has 1 fully saturated rings. The lowest BCUT2D eigenvalue weighted by Crippen LogP contribution is -2.46. The third kappa shape index (κ3) is 5.47. The molecular weight excluding hydrogens is 508 g/mol. The second-order valence-corrected chi connectivity index (χ2v) is 9.82. The largest absolute Gasteiger partial charge is 0.494 e. The zero-order valence-corrected chi connectivity index (χ0v) is 22.8. The molecule has 4 aromatic rings. The summed E-state index contributed by atoms with van der Waals surface area (Å²) in [5, 5.41) is 13.1. The van der Waals surface area contributed by atoms with Gasteiger partial charge in [0.1, 0.15) is 0 Å². The zero-order valence-electron chi connectivity index (χ0n) is 22.8. The van der Waals surface area contributed by atoms with Crippen molar-refractivity contribution in [2.45, 2.75) is 18.9 Å². The summed E-state index contributed by atoms with van der Waals surface area (Å²) >= 11 is 0. The fraction of sp³-hybridized carbons (Fsp3) is 0.258. The molecule has 5 rings (SSSR count). The summed E-state index contributed by atoms with van der Waals surface area (Å²) in [5.74, 6) is -0.723. The number of fused-ring (bicyclic) bond motifs is 1. The number of methoxy groups -OCH3 is 1. The highest BCUT2D eigenvalue weighted by Gasteiger charge is 2.28. The number of rotatable bonds is 7. The van der Waals surface area contributed by atoms with Crippen molar-refractivity contribution in [2.75, 3.05) is 34.4 Å². The number of aromatic nitrogens is 1.